The van der Waals surface area contributed by atoms with Crippen molar-refractivity contribution in [3.63, 3.8) is 0 Å². The number of sulfonamides is 1. The second kappa shape index (κ2) is 10.7. The lowest BCUT2D eigenvalue weighted by molar-refractivity contribution is -0.124. The minimum atomic E-state index is -3.36. The number of nitrogens with one attached hydrogen (secondary N) is 1. The van der Waals surface area contributed by atoms with Gasteiger partial charge in [0.25, 0.3) is 5.91 Å². The van der Waals surface area contributed by atoms with E-state index in [0.717, 1.165) is 11.8 Å². The number of anilines is 1. The number of esters is 1. The van der Waals surface area contributed by atoms with Crippen LogP contribution < -0.4 is 9.62 Å². The Morgan fingerprint density at radius 2 is 1.60 bits per heavy atom. The molecule has 7 nitrogen and oxygen atoms in total. The second-order valence-electron chi connectivity index (χ2n) is 8.52. The molecule has 35 heavy (non-hydrogen) atoms. The molecule has 1 N–H and O–H groups in total. The average molecular weight is 493 g/mol. The average Bonchev–Trinajstić information content (AvgIpc) is 3.30. The van der Waals surface area contributed by atoms with Gasteiger partial charge in [0.15, 0.2) is 6.61 Å². The third kappa shape index (κ3) is 6.08. The van der Waals surface area contributed by atoms with Gasteiger partial charge in [-0.2, -0.15) is 0 Å². The van der Waals surface area contributed by atoms with Gasteiger partial charge in [-0.3, -0.25) is 9.10 Å². The van der Waals surface area contributed by atoms with E-state index in [4.69, 9.17) is 4.74 Å². The zero-order valence-electron chi connectivity index (χ0n) is 19.5. The monoisotopic (exact) mass is 492 g/mol. The quantitative estimate of drug-likeness (QED) is 0.462. The van der Waals surface area contributed by atoms with Crippen LogP contribution in [0.1, 0.15) is 39.4 Å². The molecular formula is C27H28N2O5S. The SMILES string of the molecule is CS(=O)(=O)N1CCc2cc(C(=O)OCC(=O)NCCC(c3ccccc3)c3ccccc3)ccc21. The first-order valence-corrected chi connectivity index (χ1v) is 13.3. The van der Waals surface area contributed by atoms with Gasteiger partial charge in [0, 0.05) is 19.0 Å². The number of ether oxygens (including phenoxy) is 1. The van der Waals surface area contributed by atoms with Gasteiger partial charge in [-0.25, -0.2) is 13.2 Å². The van der Waals surface area contributed by atoms with Gasteiger partial charge in [-0.1, -0.05) is 60.7 Å². The summed E-state index contributed by atoms with van der Waals surface area (Å²) in [6, 6.07) is 25.0. The molecule has 0 fully saturated rings. The van der Waals surface area contributed by atoms with E-state index in [0.29, 0.717) is 37.2 Å². The summed E-state index contributed by atoms with van der Waals surface area (Å²) in [4.78, 5) is 24.8. The van der Waals surface area contributed by atoms with Crippen molar-refractivity contribution in [1.82, 2.24) is 5.32 Å². The number of rotatable bonds is 9. The summed E-state index contributed by atoms with van der Waals surface area (Å²) >= 11 is 0. The maximum atomic E-state index is 12.4. The Balaban J connectivity index is 1.30. The lowest BCUT2D eigenvalue weighted by atomic mass is 9.88. The van der Waals surface area contributed by atoms with Crippen LogP contribution in [0, 0.1) is 0 Å². The van der Waals surface area contributed by atoms with E-state index in [2.05, 4.69) is 29.6 Å². The standard InChI is InChI=1S/C27H28N2O5S/c1-35(32,33)29-17-15-22-18-23(12-13-25(22)29)27(31)34-19-26(30)28-16-14-24(20-8-4-2-5-9-20)21-10-6-3-7-11-21/h2-13,18,24H,14-17,19H2,1H3,(H,28,30). The molecule has 0 atom stereocenters. The van der Waals surface area contributed by atoms with E-state index in [1.807, 2.05) is 36.4 Å². The van der Waals surface area contributed by atoms with Gasteiger partial charge in [0.2, 0.25) is 10.0 Å². The van der Waals surface area contributed by atoms with Gasteiger partial charge in [0.1, 0.15) is 0 Å². The van der Waals surface area contributed by atoms with Crippen molar-refractivity contribution >= 4 is 27.6 Å². The highest BCUT2D eigenvalue weighted by atomic mass is 32.2. The smallest absolute Gasteiger partial charge is 0.338 e. The van der Waals surface area contributed by atoms with Crippen LogP contribution >= 0.6 is 0 Å². The highest BCUT2D eigenvalue weighted by Crippen LogP contribution is 2.31. The summed E-state index contributed by atoms with van der Waals surface area (Å²) in [5.74, 6) is -0.854. The highest BCUT2D eigenvalue weighted by molar-refractivity contribution is 7.92. The van der Waals surface area contributed by atoms with Crippen molar-refractivity contribution in [3.8, 4) is 0 Å². The minimum absolute atomic E-state index is 0.137. The van der Waals surface area contributed by atoms with Gasteiger partial charge >= 0.3 is 5.97 Å². The van der Waals surface area contributed by atoms with Gasteiger partial charge < -0.3 is 10.1 Å². The molecule has 0 radical (unpaired) electrons. The van der Waals surface area contributed by atoms with Crippen LogP contribution in [0.25, 0.3) is 0 Å². The van der Waals surface area contributed by atoms with E-state index < -0.39 is 16.0 Å². The first kappa shape index (κ1) is 24.5. The van der Waals surface area contributed by atoms with E-state index in [-0.39, 0.29) is 18.4 Å². The molecule has 3 aromatic carbocycles. The van der Waals surface area contributed by atoms with Gasteiger partial charge in [0.05, 0.1) is 17.5 Å². The highest BCUT2D eigenvalue weighted by Gasteiger charge is 2.27. The lowest BCUT2D eigenvalue weighted by Gasteiger charge is -2.18. The normalized spacial score (nSPS) is 12.9. The molecule has 3 aromatic rings. The summed E-state index contributed by atoms with van der Waals surface area (Å²) < 4.78 is 30.3. The van der Waals surface area contributed by atoms with Crippen LogP contribution in [0.4, 0.5) is 5.69 Å². The molecule has 1 aliphatic rings. The Morgan fingerprint density at radius 3 is 2.20 bits per heavy atom. The topological polar surface area (TPSA) is 92.8 Å². The molecule has 1 heterocycles. The van der Waals surface area contributed by atoms with Crippen LogP contribution in [-0.4, -0.2) is 46.2 Å². The molecule has 0 aliphatic carbocycles. The fourth-order valence-electron chi connectivity index (χ4n) is 4.36. The first-order valence-electron chi connectivity index (χ1n) is 11.5. The lowest BCUT2D eigenvalue weighted by Crippen LogP contribution is -2.30. The van der Waals surface area contributed by atoms with Crippen molar-refractivity contribution < 1.29 is 22.7 Å². The van der Waals surface area contributed by atoms with Crippen molar-refractivity contribution in [2.45, 2.75) is 18.8 Å². The summed E-state index contributed by atoms with van der Waals surface area (Å²) in [5.41, 5.74) is 3.98. The first-order chi connectivity index (χ1) is 16.8. The molecule has 0 bridgehead atoms. The summed E-state index contributed by atoms with van der Waals surface area (Å²) in [6.07, 6.45) is 2.38. The molecule has 0 spiro atoms. The zero-order valence-corrected chi connectivity index (χ0v) is 20.3. The van der Waals surface area contributed by atoms with Crippen molar-refractivity contribution in [3.05, 3.63) is 101 Å². The molecule has 0 saturated carbocycles. The Morgan fingerprint density at radius 1 is 0.971 bits per heavy atom. The Bertz CT molecular complexity index is 1250. The number of carbonyl (C=O) groups excluding carboxylic acids is 2. The maximum Gasteiger partial charge on any atom is 0.338 e. The third-order valence-corrected chi connectivity index (χ3v) is 7.24. The summed E-state index contributed by atoms with van der Waals surface area (Å²) in [7, 11) is -3.36. The number of hydrogen-bond donors (Lipinski definition) is 1. The van der Waals surface area contributed by atoms with Crippen LogP contribution in [0.5, 0.6) is 0 Å². The van der Waals surface area contributed by atoms with E-state index in [1.54, 1.807) is 12.1 Å². The number of benzene rings is 3. The van der Waals surface area contributed by atoms with Crippen molar-refractivity contribution in [2.24, 2.45) is 0 Å². The Hall–Kier alpha value is -3.65. The molecule has 0 aromatic heterocycles. The van der Waals surface area contributed by atoms with E-state index >= 15 is 0 Å². The third-order valence-electron chi connectivity index (χ3n) is 6.06. The number of fused-ring (bicyclic) bond motifs is 1. The van der Waals surface area contributed by atoms with Crippen molar-refractivity contribution in [2.75, 3.05) is 30.3 Å². The Kier molecular flexibility index (Phi) is 7.51. The molecule has 0 saturated heterocycles. The van der Waals surface area contributed by atoms with Gasteiger partial charge in [-0.05, 0) is 47.7 Å². The number of carbonyl (C=O) groups is 2. The number of nitrogens with zero attached hydrogens (tertiary/aromatic N) is 1. The summed E-state index contributed by atoms with van der Waals surface area (Å²) in [6.45, 7) is 0.403. The van der Waals surface area contributed by atoms with Crippen LogP contribution in [0.15, 0.2) is 78.9 Å². The van der Waals surface area contributed by atoms with Crippen LogP contribution in [0.2, 0.25) is 0 Å². The zero-order chi connectivity index (χ0) is 24.8. The van der Waals surface area contributed by atoms with E-state index in [1.165, 1.54) is 21.5 Å². The predicted molar refractivity (Wildman–Crippen MR) is 135 cm³/mol. The van der Waals surface area contributed by atoms with Crippen LogP contribution in [-0.2, 0) is 26.0 Å². The number of hydrogen-bond acceptors (Lipinski definition) is 5. The van der Waals surface area contributed by atoms with Gasteiger partial charge in [-0.15, -0.1) is 0 Å². The molecular weight excluding hydrogens is 464 g/mol. The molecule has 1 aliphatic heterocycles. The van der Waals surface area contributed by atoms with Crippen LogP contribution in [0.3, 0.4) is 0 Å². The minimum Gasteiger partial charge on any atom is -0.452 e. The molecule has 4 rings (SSSR count). The number of amides is 1. The summed E-state index contributed by atoms with van der Waals surface area (Å²) in [5, 5.41) is 2.83. The second-order valence-corrected chi connectivity index (χ2v) is 10.4. The predicted octanol–water partition coefficient (Wildman–Crippen LogP) is 3.50. The Labute approximate surface area is 205 Å². The van der Waals surface area contributed by atoms with E-state index in [9.17, 15) is 18.0 Å². The molecule has 1 amide bonds. The maximum absolute atomic E-state index is 12.4. The largest absolute Gasteiger partial charge is 0.452 e. The molecule has 182 valence electrons. The fourth-order valence-corrected chi connectivity index (χ4v) is 5.32. The fraction of sp³-hybridized carbons (Fsp3) is 0.259. The van der Waals surface area contributed by atoms with Crippen molar-refractivity contribution in [1.29, 1.82) is 0 Å². The molecule has 0 unspecified atom stereocenters. The molecule has 8 heteroatoms.